The van der Waals surface area contributed by atoms with Crippen LogP contribution in [0.5, 0.6) is 0 Å². The van der Waals surface area contributed by atoms with Crippen LogP contribution in [-0.2, 0) is 17.8 Å². The summed E-state index contributed by atoms with van der Waals surface area (Å²) in [7, 11) is 0. The molecule has 1 aromatic rings. The quantitative estimate of drug-likeness (QED) is 0.701. The zero-order valence-corrected chi connectivity index (χ0v) is 11.2. The maximum absolute atomic E-state index is 12.1. The van der Waals surface area contributed by atoms with Gasteiger partial charge in [0.25, 0.3) is 0 Å². The second-order valence-electron chi connectivity index (χ2n) is 4.83. The zero-order chi connectivity index (χ0) is 14.5. The van der Waals surface area contributed by atoms with Gasteiger partial charge in [-0.3, -0.25) is 0 Å². The minimum atomic E-state index is -0.978. The molecular formula is C14H19N3O3. The van der Waals surface area contributed by atoms with Crippen molar-refractivity contribution < 1.29 is 14.7 Å². The van der Waals surface area contributed by atoms with E-state index in [0.717, 1.165) is 11.1 Å². The van der Waals surface area contributed by atoms with E-state index in [-0.39, 0.29) is 6.03 Å². The average Bonchev–Trinajstić information content (AvgIpc) is 2.46. The Labute approximate surface area is 117 Å². The first-order chi connectivity index (χ1) is 9.63. The minimum Gasteiger partial charge on any atom is -0.480 e. The summed E-state index contributed by atoms with van der Waals surface area (Å²) in [6.07, 6.45) is 1.02. The number of urea groups is 1. The molecular weight excluding hydrogens is 258 g/mol. The number of carbonyl (C=O) groups is 2. The lowest BCUT2D eigenvalue weighted by Crippen LogP contribution is -2.52. The number of carbonyl (C=O) groups excluding carboxylic acids is 1. The molecule has 0 spiro atoms. The van der Waals surface area contributed by atoms with Gasteiger partial charge in [0, 0.05) is 19.5 Å². The molecule has 0 fully saturated rings. The SMILES string of the molecule is NCCCNC(=O)N1Cc2ccccc2CC1C(=O)O. The van der Waals surface area contributed by atoms with Crippen LogP contribution in [0, 0.1) is 0 Å². The molecule has 1 atom stereocenters. The molecule has 1 aromatic carbocycles. The number of fused-ring (bicyclic) bond motifs is 1. The molecule has 0 aromatic heterocycles. The lowest BCUT2D eigenvalue weighted by Gasteiger charge is -2.34. The predicted octanol–water partition coefficient (Wildman–Crippen LogP) is 0.556. The molecule has 0 saturated carbocycles. The normalized spacial score (nSPS) is 17.4. The summed E-state index contributed by atoms with van der Waals surface area (Å²) in [6.45, 7) is 1.27. The van der Waals surface area contributed by atoms with Crippen LogP contribution in [0.4, 0.5) is 4.79 Å². The van der Waals surface area contributed by atoms with E-state index in [1.54, 1.807) is 0 Å². The van der Waals surface area contributed by atoms with Gasteiger partial charge in [-0.05, 0) is 24.1 Å². The molecule has 0 bridgehead atoms. The van der Waals surface area contributed by atoms with Crippen molar-refractivity contribution in [1.82, 2.24) is 10.2 Å². The molecule has 1 aliphatic rings. The van der Waals surface area contributed by atoms with Crippen LogP contribution >= 0.6 is 0 Å². The second kappa shape index (κ2) is 6.38. The van der Waals surface area contributed by atoms with Gasteiger partial charge >= 0.3 is 12.0 Å². The van der Waals surface area contributed by atoms with Gasteiger partial charge in [0.1, 0.15) is 6.04 Å². The number of benzene rings is 1. The molecule has 6 nitrogen and oxygen atoms in total. The highest BCUT2D eigenvalue weighted by Crippen LogP contribution is 2.23. The van der Waals surface area contributed by atoms with Gasteiger partial charge in [-0.25, -0.2) is 9.59 Å². The van der Waals surface area contributed by atoms with E-state index in [2.05, 4.69) is 5.32 Å². The summed E-state index contributed by atoms with van der Waals surface area (Å²) >= 11 is 0. The molecule has 2 rings (SSSR count). The van der Waals surface area contributed by atoms with Crippen LogP contribution in [-0.4, -0.2) is 41.1 Å². The molecule has 1 aliphatic heterocycles. The predicted molar refractivity (Wildman–Crippen MR) is 74.2 cm³/mol. The van der Waals surface area contributed by atoms with Crippen molar-refractivity contribution in [2.45, 2.75) is 25.4 Å². The number of amides is 2. The Balaban J connectivity index is 2.13. The summed E-state index contributed by atoms with van der Waals surface area (Å²) in [6, 6.07) is 6.45. The number of nitrogens with one attached hydrogen (secondary N) is 1. The summed E-state index contributed by atoms with van der Waals surface area (Å²) in [5.74, 6) is -0.978. The fraction of sp³-hybridized carbons (Fsp3) is 0.429. The molecule has 0 saturated heterocycles. The summed E-state index contributed by atoms with van der Waals surface area (Å²) in [5.41, 5.74) is 7.36. The van der Waals surface area contributed by atoms with Crippen LogP contribution in [0.3, 0.4) is 0 Å². The van der Waals surface area contributed by atoms with E-state index in [0.29, 0.717) is 32.5 Å². The van der Waals surface area contributed by atoms with Gasteiger partial charge < -0.3 is 21.1 Å². The maximum Gasteiger partial charge on any atom is 0.326 e. The lowest BCUT2D eigenvalue weighted by atomic mass is 9.94. The fourth-order valence-corrected chi connectivity index (χ4v) is 2.36. The molecule has 1 heterocycles. The highest BCUT2D eigenvalue weighted by atomic mass is 16.4. The van der Waals surface area contributed by atoms with E-state index in [9.17, 15) is 14.7 Å². The molecule has 108 valence electrons. The third kappa shape index (κ3) is 3.08. The molecule has 20 heavy (non-hydrogen) atoms. The maximum atomic E-state index is 12.1. The van der Waals surface area contributed by atoms with Gasteiger partial charge in [0.05, 0.1) is 0 Å². The monoisotopic (exact) mass is 277 g/mol. The first-order valence-corrected chi connectivity index (χ1v) is 6.67. The van der Waals surface area contributed by atoms with Crippen molar-refractivity contribution in [1.29, 1.82) is 0 Å². The van der Waals surface area contributed by atoms with Crippen LogP contribution in [0.15, 0.2) is 24.3 Å². The Kier molecular flexibility index (Phi) is 4.57. The first-order valence-electron chi connectivity index (χ1n) is 6.67. The average molecular weight is 277 g/mol. The van der Waals surface area contributed by atoms with Crippen molar-refractivity contribution in [3.8, 4) is 0 Å². The lowest BCUT2D eigenvalue weighted by molar-refractivity contribution is -0.142. The zero-order valence-electron chi connectivity index (χ0n) is 11.2. The number of hydrogen-bond donors (Lipinski definition) is 3. The van der Waals surface area contributed by atoms with Crippen molar-refractivity contribution >= 4 is 12.0 Å². The number of rotatable bonds is 4. The Bertz CT molecular complexity index is 504. The molecule has 1 unspecified atom stereocenters. The minimum absolute atomic E-state index is 0.321. The Hall–Kier alpha value is -2.08. The van der Waals surface area contributed by atoms with Crippen molar-refractivity contribution in [3.63, 3.8) is 0 Å². The summed E-state index contributed by atoms with van der Waals surface area (Å²) in [5, 5.41) is 12.0. The van der Waals surface area contributed by atoms with Crippen LogP contribution in [0.25, 0.3) is 0 Å². The number of nitrogens with zero attached hydrogens (tertiary/aromatic N) is 1. The van der Waals surface area contributed by atoms with Gasteiger partial charge in [-0.15, -0.1) is 0 Å². The van der Waals surface area contributed by atoms with E-state index in [1.165, 1.54) is 4.90 Å². The molecule has 4 N–H and O–H groups in total. The number of aliphatic carboxylic acids is 1. The van der Waals surface area contributed by atoms with Crippen LogP contribution in [0.1, 0.15) is 17.5 Å². The van der Waals surface area contributed by atoms with Gasteiger partial charge in [-0.2, -0.15) is 0 Å². The number of carboxylic acids is 1. The van der Waals surface area contributed by atoms with Crippen LogP contribution < -0.4 is 11.1 Å². The van der Waals surface area contributed by atoms with E-state index in [1.807, 2.05) is 24.3 Å². The van der Waals surface area contributed by atoms with Crippen molar-refractivity contribution in [2.75, 3.05) is 13.1 Å². The third-order valence-corrected chi connectivity index (χ3v) is 3.45. The molecule has 2 amide bonds. The highest BCUT2D eigenvalue weighted by molar-refractivity contribution is 5.83. The van der Waals surface area contributed by atoms with Crippen LogP contribution in [0.2, 0.25) is 0 Å². The van der Waals surface area contributed by atoms with E-state index >= 15 is 0 Å². The third-order valence-electron chi connectivity index (χ3n) is 3.45. The van der Waals surface area contributed by atoms with Gasteiger partial charge in [-0.1, -0.05) is 24.3 Å². The molecule has 6 heteroatoms. The number of hydrogen-bond acceptors (Lipinski definition) is 3. The number of nitrogens with two attached hydrogens (primary N) is 1. The second-order valence-corrected chi connectivity index (χ2v) is 4.83. The topological polar surface area (TPSA) is 95.7 Å². The largest absolute Gasteiger partial charge is 0.480 e. The summed E-state index contributed by atoms with van der Waals surface area (Å²) < 4.78 is 0. The Morgan fingerprint density at radius 1 is 1.35 bits per heavy atom. The number of carboxylic acid groups (broad SMARTS) is 1. The molecule has 0 aliphatic carbocycles. The first kappa shape index (κ1) is 14.3. The van der Waals surface area contributed by atoms with Crippen molar-refractivity contribution in [2.24, 2.45) is 5.73 Å². The smallest absolute Gasteiger partial charge is 0.326 e. The fourth-order valence-electron chi connectivity index (χ4n) is 2.36. The standard InChI is InChI=1S/C14H19N3O3/c15-6-3-7-16-14(20)17-9-11-5-2-1-4-10(11)8-12(17)13(18)19/h1-2,4-5,12H,3,6-9,15H2,(H,16,20)(H,18,19). The van der Waals surface area contributed by atoms with E-state index in [4.69, 9.17) is 5.73 Å². The van der Waals surface area contributed by atoms with Crippen molar-refractivity contribution in [3.05, 3.63) is 35.4 Å². The van der Waals surface area contributed by atoms with E-state index < -0.39 is 12.0 Å². The Morgan fingerprint density at radius 2 is 2.05 bits per heavy atom. The summed E-state index contributed by atoms with van der Waals surface area (Å²) in [4.78, 5) is 24.9. The van der Waals surface area contributed by atoms with Gasteiger partial charge in [0.2, 0.25) is 0 Å². The molecule has 0 radical (unpaired) electrons. The highest BCUT2D eigenvalue weighted by Gasteiger charge is 2.34. The van der Waals surface area contributed by atoms with Gasteiger partial charge in [0.15, 0.2) is 0 Å². The Morgan fingerprint density at radius 3 is 2.70 bits per heavy atom.